The van der Waals surface area contributed by atoms with Crippen molar-refractivity contribution in [2.45, 2.75) is 25.7 Å². The largest absolute Gasteiger partial charge is 0.356 e. The molecular weight excluding hydrogens is 324 g/mol. The van der Waals surface area contributed by atoms with Crippen LogP contribution in [0.4, 0.5) is 5.82 Å². The Bertz CT molecular complexity index is 624. The molecule has 6 heteroatoms. The number of nitrogens with zero attached hydrogens (tertiary/aromatic N) is 3. The van der Waals surface area contributed by atoms with Gasteiger partial charge in [0.1, 0.15) is 0 Å². The molecular formula is C18H23ClN4O. The molecule has 3 atom stereocenters. The summed E-state index contributed by atoms with van der Waals surface area (Å²) in [7, 11) is 0. The molecule has 4 rings (SSSR count). The highest BCUT2D eigenvalue weighted by atomic mass is 35.5. The number of piperidine rings is 1. The third kappa shape index (κ3) is 3.27. The second-order valence-electron chi connectivity index (χ2n) is 7.26. The molecule has 2 heterocycles. The van der Waals surface area contributed by atoms with Crippen molar-refractivity contribution in [3.05, 3.63) is 29.4 Å². The first-order chi connectivity index (χ1) is 11.7. The first-order valence-corrected chi connectivity index (χ1v) is 9.27. The van der Waals surface area contributed by atoms with Crippen LogP contribution in [0.3, 0.4) is 0 Å². The molecule has 0 radical (unpaired) electrons. The van der Waals surface area contributed by atoms with Crippen LogP contribution in [0.5, 0.6) is 0 Å². The number of hydrogen-bond donors (Lipinski definition) is 1. The van der Waals surface area contributed by atoms with Gasteiger partial charge in [0, 0.05) is 25.6 Å². The van der Waals surface area contributed by atoms with Gasteiger partial charge in [-0.25, -0.2) is 0 Å². The van der Waals surface area contributed by atoms with Gasteiger partial charge < -0.3 is 10.2 Å². The minimum Gasteiger partial charge on any atom is -0.356 e. The molecule has 3 aliphatic rings. The Morgan fingerprint density at radius 3 is 2.67 bits per heavy atom. The third-order valence-corrected chi connectivity index (χ3v) is 5.96. The number of carbonyl (C=O) groups is 1. The Hall–Kier alpha value is -1.62. The van der Waals surface area contributed by atoms with Crippen molar-refractivity contribution in [1.29, 1.82) is 0 Å². The van der Waals surface area contributed by atoms with Crippen LogP contribution in [0.15, 0.2) is 24.3 Å². The molecule has 1 aromatic heterocycles. The molecule has 1 aliphatic heterocycles. The van der Waals surface area contributed by atoms with E-state index < -0.39 is 0 Å². The first-order valence-electron chi connectivity index (χ1n) is 8.89. The fraction of sp³-hybridized carbons (Fsp3) is 0.611. The Kier molecular flexibility index (Phi) is 4.44. The summed E-state index contributed by atoms with van der Waals surface area (Å²) in [6, 6.07) is 3.64. The van der Waals surface area contributed by atoms with Crippen LogP contribution < -0.4 is 10.2 Å². The van der Waals surface area contributed by atoms with E-state index in [-0.39, 0.29) is 11.8 Å². The van der Waals surface area contributed by atoms with Crippen LogP contribution in [0.2, 0.25) is 5.15 Å². The molecule has 0 aromatic carbocycles. The van der Waals surface area contributed by atoms with Gasteiger partial charge in [0.25, 0.3) is 0 Å². The summed E-state index contributed by atoms with van der Waals surface area (Å²) >= 11 is 5.78. The molecule has 0 spiro atoms. The van der Waals surface area contributed by atoms with Crippen molar-refractivity contribution < 1.29 is 4.79 Å². The highest BCUT2D eigenvalue weighted by Crippen LogP contribution is 2.43. The molecule has 1 amide bonds. The van der Waals surface area contributed by atoms with Crippen molar-refractivity contribution in [2.24, 2.45) is 23.7 Å². The number of carbonyl (C=O) groups excluding carboxylic acids is 1. The predicted octanol–water partition coefficient (Wildman–Crippen LogP) is 2.67. The van der Waals surface area contributed by atoms with E-state index in [1.807, 2.05) is 6.07 Å². The number of halogens is 1. The monoisotopic (exact) mass is 346 g/mol. The predicted molar refractivity (Wildman–Crippen MR) is 93.8 cm³/mol. The highest BCUT2D eigenvalue weighted by molar-refractivity contribution is 6.29. The molecule has 1 saturated heterocycles. The lowest BCUT2D eigenvalue weighted by Crippen LogP contribution is -2.42. The number of fused-ring (bicyclic) bond motifs is 2. The summed E-state index contributed by atoms with van der Waals surface area (Å²) in [5, 5.41) is 11.6. The molecule has 0 unspecified atom stereocenters. The normalized spacial score (nSPS) is 29.2. The van der Waals surface area contributed by atoms with Crippen LogP contribution in [-0.2, 0) is 4.79 Å². The average molecular weight is 347 g/mol. The summed E-state index contributed by atoms with van der Waals surface area (Å²) in [4.78, 5) is 14.6. The van der Waals surface area contributed by atoms with E-state index in [1.54, 1.807) is 6.07 Å². The van der Waals surface area contributed by atoms with Crippen molar-refractivity contribution in [3.63, 3.8) is 0 Å². The van der Waals surface area contributed by atoms with E-state index in [9.17, 15) is 4.79 Å². The Labute approximate surface area is 147 Å². The second kappa shape index (κ2) is 6.71. The fourth-order valence-corrected chi connectivity index (χ4v) is 4.45. The molecule has 5 nitrogen and oxygen atoms in total. The SMILES string of the molecule is O=C(NC[C@H]1C[C@@H]2C=C[C@H]1C2)C1CCN(c2ccc(Cl)nn2)CC1. The van der Waals surface area contributed by atoms with Gasteiger partial charge in [-0.2, -0.15) is 0 Å². The lowest BCUT2D eigenvalue weighted by Gasteiger charge is -2.32. The van der Waals surface area contributed by atoms with Gasteiger partial charge >= 0.3 is 0 Å². The molecule has 2 fully saturated rings. The number of anilines is 1. The average Bonchev–Trinajstić information content (AvgIpc) is 3.23. The molecule has 1 saturated carbocycles. The smallest absolute Gasteiger partial charge is 0.223 e. The minimum atomic E-state index is 0.121. The molecule has 1 aromatic rings. The zero-order valence-corrected chi connectivity index (χ0v) is 14.5. The minimum absolute atomic E-state index is 0.121. The summed E-state index contributed by atoms with van der Waals surface area (Å²) in [5.74, 6) is 3.29. The molecule has 24 heavy (non-hydrogen) atoms. The van der Waals surface area contributed by atoms with Crippen molar-refractivity contribution >= 4 is 23.3 Å². The Balaban J connectivity index is 1.24. The molecule has 2 bridgehead atoms. The number of rotatable bonds is 4. The van der Waals surface area contributed by atoms with E-state index in [0.29, 0.717) is 17.0 Å². The van der Waals surface area contributed by atoms with Crippen LogP contribution in [-0.4, -0.2) is 35.7 Å². The standard InChI is InChI=1S/C18H23ClN4O/c19-16-3-4-17(22-21-16)23-7-5-13(6-8-23)18(24)20-11-15-10-12-1-2-14(15)9-12/h1-4,12-15H,5-11H2,(H,20,24)/t12-,14+,15-/m1/s1. The summed E-state index contributed by atoms with van der Waals surface area (Å²) in [6.07, 6.45) is 8.96. The van der Waals surface area contributed by atoms with Gasteiger partial charge in [0.05, 0.1) is 0 Å². The highest BCUT2D eigenvalue weighted by Gasteiger charge is 2.36. The van der Waals surface area contributed by atoms with E-state index in [4.69, 9.17) is 11.6 Å². The van der Waals surface area contributed by atoms with Crippen LogP contribution >= 0.6 is 11.6 Å². The molecule has 1 N–H and O–H groups in total. The zero-order valence-electron chi connectivity index (χ0n) is 13.7. The van der Waals surface area contributed by atoms with Crippen LogP contribution in [0, 0.1) is 23.7 Å². The number of nitrogens with one attached hydrogen (secondary N) is 1. The van der Waals surface area contributed by atoms with E-state index in [1.165, 1.54) is 12.8 Å². The van der Waals surface area contributed by atoms with Gasteiger partial charge in [0.15, 0.2) is 11.0 Å². The maximum Gasteiger partial charge on any atom is 0.223 e. The van der Waals surface area contributed by atoms with Gasteiger partial charge in [-0.05, 0) is 55.6 Å². The number of allylic oxidation sites excluding steroid dienone is 2. The second-order valence-corrected chi connectivity index (χ2v) is 7.65. The van der Waals surface area contributed by atoms with Crippen molar-refractivity contribution in [1.82, 2.24) is 15.5 Å². The summed E-state index contributed by atoms with van der Waals surface area (Å²) in [6.45, 7) is 2.52. The lowest BCUT2D eigenvalue weighted by atomic mass is 9.92. The number of amides is 1. The van der Waals surface area contributed by atoms with E-state index in [2.05, 4.69) is 32.6 Å². The maximum atomic E-state index is 12.5. The van der Waals surface area contributed by atoms with Gasteiger partial charge in [0.2, 0.25) is 5.91 Å². The van der Waals surface area contributed by atoms with E-state index >= 15 is 0 Å². The Morgan fingerprint density at radius 2 is 2.04 bits per heavy atom. The summed E-state index contributed by atoms with van der Waals surface area (Å²) in [5.41, 5.74) is 0. The molecule has 128 valence electrons. The van der Waals surface area contributed by atoms with Crippen molar-refractivity contribution in [2.75, 3.05) is 24.5 Å². The van der Waals surface area contributed by atoms with Crippen LogP contribution in [0.25, 0.3) is 0 Å². The summed E-state index contributed by atoms with van der Waals surface area (Å²) < 4.78 is 0. The van der Waals surface area contributed by atoms with Gasteiger partial charge in [-0.1, -0.05) is 23.8 Å². The Morgan fingerprint density at radius 1 is 1.21 bits per heavy atom. The van der Waals surface area contributed by atoms with Gasteiger partial charge in [-0.3, -0.25) is 4.79 Å². The number of aromatic nitrogens is 2. The molecule has 2 aliphatic carbocycles. The first kappa shape index (κ1) is 15.9. The quantitative estimate of drug-likeness (QED) is 0.851. The van der Waals surface area contributed by atoms with Gasteiger partial charge in [-0.15, -0.1) is 10.2 Å². The zero-order chi connectivity index (χ0) is 16.5. The fourth-order valence-electron chi connectivity index (χ4n) is 4.35. The van der Waals surface area contributed by atoms with Crippen LogP contribution in [0.1, 0.15) is 25.7 Å². The maximum absolute atomic E-state index is 12.5. The lowest BCUT2D eigenvalue weighted by molar-refractivity contribution is -0.125. The van der Waals surface area contributed by atoms with E-state index in [0.717, 1.165) is 44.2 Å². The van der Waals surface area contributed by atoms with Crippen molar-refractivity contribution in [3.8, 4) is 0 Å². The third-order valence-electron chi connectivity index (χ3n) is 5.76. The number of hydrogen-bond acceptors (Lipinski definition) is 4. The topological polar surface area (TPSA) is 58.1 Å².